The van der Waals surface area contributed by atoms with Gasteiger partial charge in [0, 0.05) is 20.1 Å². The maximum absolute atomic E-state index is 13.0. The molecule has 0 bridgehead atoms. The number of nitrogens with zero attached hydrogens (tertiary/aromatic N) is 2. The van der Waals surface area contributed by atoms with E-state index in [1.807, 2.05) is 0 Å². The second kappa shape index (κ2) is 6.02. The van der Waals surface area contributed by atoms with E-state index in [1.54, 1.807) is 18.4 Å². The minimum Gasteiger partial charge on any atom is -0.468 e. The lowest BCUT2D eigenvalue weighted by Gasteiger charge is -2.30. The lowest BCUT2D eigenvalue weighted by molar-refractivity contribution is -0.123. The van der Waals surface area contributed by atoms with Crippen LogP contribution in [0.15, 0.2) is 22.8 Å². The van der Waals surface area contributed by atoms with Crippen molar-refractivity contribution in [3.8, 4) is 0 Å². The number of rotatable bonds is 4. The van der Waals surface area contributed by atoms with Gasteiger partial charge in [0.2, 0.25) is 5.91 Å². The van der Waals surface area contributed by atoms with Crippen molar-refractivity contribution in [2.75, 3.05) is 20.1 Å². The Labute approximate surface area is 130 Å². The van der Waals surface area contributed by atoms with E-state index in [9.17, 15) is 13.2 Å². The Morgan fingerprint density at radius 1 is 1.27 bits per heavy atom. The Morgan fingerprint density at radius 2 is 2.00 bits per heavy atom. The molecule has 3 rings (SSSR count). The van der Waals surface area contributed by atoms with Gasteiger partial charge in [0.25, 0.3) is 10.2 Å². The summed E-state index contributed by atoms with van der Waals surface area (Å²) in [5, 5.41) is 2.56. The van der Waals surface area contributed by atoms with Gasteiger partial charge in [-0.15, -0.1) is 0 Å². The maximum Gasteiger partial charge on any atom is 0.283 e. The van der Waals surface area contributed by atoms with Crippen LogP contribution in [-0.4, -0.2) is 49.1 Å². The van der Waals surface area contributed by atoms with E-state index in [-0.39, 0.29) is 11.9 Å². The molecule has 2 atom stereocenters. The highest BCUT2D eigenvalue weighted by Gasteiger charge is 2.45. The first-order valence-corrected chi connectivity index (χ1v) is 8.99. The van der Waals surface area contributed by atoms with Crippen LogP contribution >= 0.6 is 0 Å². The molecule has 8 heteroatoms. The molecule has 0 unspecified atom stereocenters. The summed E-state index contributed by atoms with van der Waals surface area (Å²) in [6, 6.07) is 2.69. The molecule has 2 saturated heterocycles. The topological polar surface area (TPSA) is 82.9 Å². The molecule has 122 valence electrons. The highest BCUT2D eigenvalue weighted by atomic mass is 32.2. The van der Waals surface area contributed by atoms with Gasteiger partial charge in [-0.3, -0.25) is 4.79 Å². The van der Waals surface area contributed by atoms with Crippen molar-refractivity contribution in [3.05, 3.63) is 24.2 Å². The van der Waals surface area contributed by atoms with Crippen LogP contribution in [0.2, 0.25) is 0 Å². The van der Waals surface area contributed by atoms with Crippen molar-refractivity contribution in [1.82, 2.24) is 13.9 Å². The van der Waals surface area contributed by atoms with Crippen LogP contribution in [0.25, 0.3) is 0 Å². The third-order valence-corrected chi connectivity index (χ3v) is 6.48. The van der Waals surface area contributed by atoms with Crippen LogP contribution in [-0.2, 0) is 15.0 Å². The number of furan rings is 1. The van der Waals surface area contributed by atoms with Crippen molar-refractivity contribution in [2.45, 2.75) is 37.8 Å². The zero-order chi connectivity index (χ0) is 15.7. The number of hydrogen-bond donors (Lipinski definition) is 1. The second-order valence-corrected chi connectivity index (χ2v) is 7.51. The van der Waals surface area contributed by atoms with Crippen molar-refractivity contribution in [1.29, 1.82) is 0 Å². The molecule has 0 aliphatic carbocycles. The Morgan fingerprint density at radius 3 is 2.68 bits per heavy atom. The van der Waals surface area contributed by atoms with Gasteiger partial charge in [0.05, 0.1) is 12.3 Å². The van der Waals surface area contributed by atoms with E-state index in [0.717, 1.165) is 12.8 Å². The molecule has 1 N–H and O–H groups in total. The zero-order valence-corrected chi connectivity index (χ0v) is 13.4. The average molecular weight is 327 g/mol. The Balaban J connectivity index is 1.87. The first-order chi connectivity index (χ1) is 10.6. The van der Waals surface area contributed by atoms with Gasteiger partial charge >= 0.3 is 0 Å². The molecule has 2 fully saturated rings. The van der Waals surface area contributed by atoms with Gasteiger partial charge in [-0.05, 0) is 37.8 Å². The molecule has 0 aromatic carbocycles. The van der Waals surface area contributed by atoms with Crippen LogP contribution < -0.4 is 5.32 Å². The number of nitrogens with one attached hydrogen (secondary N) is 1. The van der Waals surface area contributed by atoms with Gasteiger partial charge in [0.15, 0.2) is 0 Å². The minimum absolute atomic E-state index is 0.241. The predicted molar refractivity (Wildman–Crippen MR) is 80.1 cm³/mol. The lowest BCUT2D eigenvalue weighted by atomic mass is 10.2. The third-order valence-electron chi connectivity index (χ3n) is 4.42. The van der Waals surface area contributed by atoms with Gasteiger partial charge in [0.1, 0.15) is 11.8 Å². The van der Waals surface area contributed by atoms with Crippen LogP contribution in [0, 0.1) is 0 Å². The normalized spacial score (nSPS) is 27.3. The molecule has 0 spiro atoms. The van der Waals surface area contributed by atoms with Crippen LogP contribution in [0.3, 0.4) is 0 Å². The van der Waals surface area contributed by atoms with Crippen LogP contribution in [0.4, 0.5) is 0 Å². The molecule has 0 saturated carbocycles. The molecule has 7 nitrogen and oxygen atoms in total. The highest BCUT2D eigenvalue weighted by molar-refractivity contribution is 7.86. The molecule has 1 amide bonds. The highest BCUT2D eigenvalue weighted by Crippen LogP contribution is 2.37. The van der Waals surface area contributed by atoms with Crippen LogP contribution in [0.1, 0.15) is 37.5 Å². The molecule has 22 heavy (non-hydrogen) atoms. The fourth-order valence-electron chi connectivity index (χ4n) is 3.36. The fraction of sp³-hybridized carbons (Fsp3) is 0.643. The third kappa shape index (κ3) is 2.55. The monoisotopic (exact) mass is 327 g/mol. The minimum atomic E-state index is -3.67. The average Bonchev–Trinajstić information content (AvgIpc) is 3.25. The summed E-state index contributed by atoms with van der Waals surface area (Å²) in [5.41, 5.74) is 0. The first-order valence-electron chi connectivity index (χ1n) is 7.59. The summed E-state index contributed by atoms with van der Waals surface area (Å²) < 4.78 is 34.2. The molecule has 2 aliphatic heterocycles. The van der Waals surface area contributed by atoms with E-state index in [0.29, 0.717) is 31.7 Å². The van der Waals surface area contributed by atoms with E-state index >= 15 is 0 Å². The Hall–Kier alpha value is -1.38. The van der Waals surface area contributed by atoms with E-state index in [1.165, 1.54) is 15.7 Å². The smallest absolute Gasteiger partial charge is 0.283 e. The largest absolute Gasteiger partial charge is 0.468 e. The van der Waals surface area contributed by atoms with Crippen LogP contribution in [0.5, 0.6) is 0 Å². The second-order valence-electron chi connectivity index (χ2n) is 5.67. The lowest BCUT2D eigenvalue weighted by Crippen LogP contribution is -2.50. The molecular weight excluding hydrogens is 306 g/mol. The summed E-state index contributed by atoms with van der Waals surface area (Å²) in [4.78, 5) is 11.9. The standard InChI is InChI=1S/C14H21N3O4S/c1-15-14(18)12-6-3-9-17(12)22(19,20)16-8-2-5-11(16)13-7-4-10-21-13/h4,7,10-12H,2-3,5-6,8-9H2,1H3,(H,15,18)/t11-,12-/m1/s1. The van der Waals surface area contributed by atoms with Crippen molar-refractivity contribution in [3.63, 3.8) is 0 Å². The van der Waals surface area contributed by atoms with Gasteiger partial charge < -0.3 is 9.73 Å². The predicted octanol–water partition coefficient (Wildman–Crippen LogP) is 0.872. The number of amides is 1. The molecule has 2 aliphatic rings. The van der Waals surface area contributed by atoms with Crippen molar-refractivity contribution < 1.29 is 17.6 Å². The SMILES string of the molecule is CNC(=O)[C@H]1CCCN1S(=O)(=O)N1CCC[C@@H]1c1ccco1. The molecular formula is C14H21N3O4S. The number of carbonyl (C=O) groups excluding carboxylic acids is 1. The van der Waals surface area contributed by atoms with E-state index in [4.69, 9.17) is 4.42 Å². The quantitative estimate of drug-likeness (QED) is 0.889. The number of carbonyl (C=O) groups is 1. The Kier molecular flexibility index (Phi) is 4.24. The van der Waals surface area contributed by atoms with E-state index < -0.39 is 16.3 Å². The molecule has 0 radical (unpaired) electrons. The molecule has 1 aromatic rings. The summed E-state index contributed by atoms with van der Waals surface area (Å²) >= 11 is 0. The van der Waals surface area contributed by atoms with Gasteiger partial charge in [-0.2, -0.15) is 17.0 Å². The molecule has 1 aromatic heterocycles. The molecule has 3 heterocycles. The summed E-state index contributed by atoms with van der Waals surface area (Å²) in [6.07, 6.45) is 4.37. The van der Waals surface area contributed by atoms with Gasteiger partial charge in [-0.25, -0.2) is 0 Å². The number of hydrogen-bond acceptors (Lipinski definition) is 4. The number of likely N-dealkylation sites (N-methyl/N-ethyl adjacent to an activating group) is 1. The summed E-state index contributed by atoms with van der Waals surface area (Å²) in [5.74, 6) is 0.423. The van der Waals surface area contributed by atoms with Crippen molar-refractivity contribution in [2.24, 2.45) is 0 Å². The zero-order valence-electron chi connectivity index (χ0n) is 12.6. The maximum atomic E-state index is 13.0. The van der Waals surface area contributed by atoms with Gasteiger partial charge in [-0.1, -0.05) is 0 Å². The summed E-state index contributed by atoms with van der Waals surface area (Å²) in [6.45, 7) is 0.854. The Bertz CT molecular complexity index is 629. The summed E-state index contributed by atoms with van der Waals surface area (Å²) in [7, 11) is -2.14. The van der Waals surface area contributed by atoms with E-state index in [2.05, 4.69) is 5.32 Å². The first kappa shape index (κ1) is 15.5. The fourth-order valence-corrected chi connectivity index (χ4v) is 5.40. The van der Waals surface area contributed by atoms with Crippen molar-refractivity contribution >= 4 is 16.1 Å².